The van der Waals surface area contributed by atoms with Crippen LogP contribution in [0.15, 0.2) is 35.1 Å². The Kier molecular flexibility index (Phi) is 5.43. The number of H-pyrrole nitrogens is 1. The van der Waals surface area contributed by atoms with Crippen LogP contribution < -0.4 is 10.9 Å². The molecule has 2 fully saturated rings. The molecule has 0 radical (unpaired) electrons. The summed E-state index contributed by atoms with van der Waals surface area (Å²) in [4.78, 5) is 22.5. The average Bonchev–Trinajstić information content (AvgIpc) is 2.69. The Balaban J connectivity index is 1.64. The van der Waals surface area contributed by atoms with Gasteiger partial charge < -0.3 is 15.0 Å². The van der Waals surface area contributed by atoms with Gasteiger partial charge in [-0.2, -0.15) is 0 Å². The van der Waals surface area contributed by atoms with Gasteiger partial charge in [-0.3, -0.25) is 9.69 Å². The summed E-state index contributed by atoms with van der Waals surface area (Å²) >= 11 is 0. The van der Waals surface area contributed by atoms with E-state index in [1.54, 1.807) is 6.07 Å². The normalized spacial score (nSPS) is 19.5. The molecule has 2 aliphatic heterocycles. The van der Waals surface area contributed by atoms with Crippen LogP contribution in [0.2, 0.25) is 0 Å². The van der Waals surface area contributed by atoms with Crippen LogP contribution in [0.4, 0.5) is 0 Å². The van der Waals surface area contributed by atoms with Gasteiger partial charge in [-0.1, -0.05) is 24.3 Å². The fourth-order valence-corrected chi connectivity index (χ4v) is 3.81. The second kappa shape index (κ2) is 8.12. The largest absolute Gasteiger partial charge is 0.381 e. The second-order valence-electron chi connectivity index (χ2n) is 7.09. The molecule has 2 N–H and O–H groups in total. The molecule has 2 aliphatic rings. The quantitative estimate of drug-likeness (QED) is 0.875. The molecule has 0 bridgehead atoms. The van der Waals surface area contributed by atoms with E-state index in [1.165, 1.54) is 5.56 Å². The minimum absolute atomic E-state index is 0.0755. The number of hydrogen-bond acceptors (Lipinski definition) is 5. The number of nitrogens with one attached hydrogen (secondary N) is 2. The van der Waals surface area contributed by atoms with Gasteiger partial charge >= 0.3 is 0 Å². The van der Waals surface area contributed by atoms with Crippen LogP contribution in [0, 0.1) is 0 Å². The lowest BCUT2D eigenvalue weighted by Gasteiger charge is -2.28. The maximum Gasteiger partial charge on any atom is 0.251 e. The number of rotatable bonds is 4. The van der Waals surface area contributed by atoms with E-state index in [1.807, 2.05) is 6.07 Å². The van der Waals surface area contributed by atoms with Crippen LogP contribution in [-0.4, -0.2) is 54.3 Å². The highest BCUT2D eigenvalue weighted by Gasteiger charge is 2.20. The number of hydrogen-bond donors (Lipinski definition) is 2. The van der Waals surface area contributed by atoms with Crippen LogP contribution >= 0.6 is 0 Å². The molecular weight excluding hydrogens is 328 g/mol. The van der Waals surface area contributed by atoms with Crippen molar-refractivity contribution in [2.45, 2.75) is 25.3 Å². The van der Waals surface area contributed by atoms with Crippen molar-refractivity contribution in [3.05, 3.63) is 51.9 Å². The van der Waals surface area contributed by atoms with Crippen molar-refractivity contribution in [1.82, 2.24) is 20.2 Å². The molecule has 26 heavy (non-hydrogen) atoms. The molecule has 1 aromatic carbocycles. The van der Waals surface area contributed by atoms with Crippen molar-refractivity contribution in [3.63, 3.8) is 0 Å². The lowest BCUT2D eigenvalue weighted by Crippen LogP contribution is -2.42. The highest BCUT2D eigenvalue weighted by atomic mass is 16.5. The van der Waals surface area contributed by atoms with E-state index in [2.05, 4.69) is 33.4 Å². The van der Waals surface area contributed by atoms with Crippen LogP contribution in [0.5, 0.6) is 0 Å². The van der Waals surface area contributed by atoms with Crippen molar-refractivity contribution in [3.8, 4) is 11.4 Å². The Labute approximate surface area is 153 Å². The van der Waals surface area contributed by atoms with Crippen LogP contribution in [-0.2, 0) is 11.3 Å². The maximum absolute atomic E-state index is 12.3. The minimum Gasteiger partial charge on any atom is -0.381 e. The Morgan fingerprint density at radius 2 is 1.92 bits per heavy atom. The molecule has 6 nitrogen and oxygen atoms in total. The van der Waals surface area contributed by atoms with Crippen LogP contribution in [0.1, 0.15) is 30.0 Å². The molecule has 6 heteroatoms. The maximum atomic E-state index is 12.3. The predicted octanol–water partition coefficient (Wildman–Crippen LogP) is 1.74. The fourth-order valence-electron chi connectivity index (χ4n) is 3.81. The first-order valence-corrected chi connectivity index (χ1v) is 9.50. The number of piperazine rings is 1. The molecule has 0 spiro atoms. The van der Waals surface area contributed by atoms with E-state index in [0.29, 0.717) is 11.7 Å². The van der Waals surface area contributed by atoms with Crippen LogP contribution in [0.25, 0.3) is 11.4 Å². The smallest absolute Gasteiger partial charge is 0.251 e. The molecule has 138 valence electrons. The van der Waals surface area contributed by atoms with Gasteiger partial charge in [-0.15, -0.1) is 0 Å². The van der Waals surface area contributed by atoms with Gasteiger partial charge in [0.05, 0.1) is 5.69 Å². The summed E-state index contributed by atoms with van der Waals surface area (Å²) in [6.07, 6.45) is 1.86. The molecule has 2 aromatic rings. The van der Waals surface area contributed by atoms with Crippen molar-refractivity contribution >= 4 is 0 Å². The summed E-state index contributed by atoms with van der Waals surface area (Å²) in [6, 6.07) is 9.92. The molecule has 0 aliphatic carbocycles. The Bertz CT molecular complexity index is 792. The van der Waals surface area contributed by atoms with Crippen molar-refractivity contribution in [2.75, 3.05) is 39.4 Å². The predicted molar refractivity (Wildman–Crippen MR) is 101 cm³/mol. The van der Waals surface area contributed by atoms with Crippen molar-refractivity contribution in [1.29, 1.82) is 0 Å². The zero-order chi connectivity index (χ0) is 17.8. The zero-order valence-corrected chi connectivity index (χ0v) is 15.0. The average molecular weight is 354 g/mol. The number of aromatic nitrogens is 2. The molecule has 0 unspecified atom stereocenters. The summed E-state index contributed by atoms with van der Waals surface area (Å²) < 4.78 is 5.45. The van der Waals surface area contributed by atoms with Crippen LogP contribution in [0.3, 0.4) is 0 Å². The van der Waals surface area contributed by atoms with Gasteiger partial charge in [0, 0.05) is 63.5 Å². The van der Waals surface area contributed by atoms with Gasteiger partial charge in [0.25, 0.3) is 5.56 Å². The first kappa shape index (κ1) is 17.4. The topological polar surface area (TPSA) is 70.2 Å². The monoisotopic (exact) mass is 354 g/mol. The van der Waals surface area contributed by atoms with Gasteiger partial charge in [0.2, 0.25) is 0 Å². The SMILES string of the molecule is O=c1cc(C2CCOCC2)nc(-c2ccccc2CN2CCNCC2)[nH]1. The standard InChI is InChI=1S/C20H26N4O2/c25-19-13-18(15-5-11-26-12-6-15)22-20(23-19)17-4-2-1-3-16(17)14-24-9-7-21-8-10-24/h1-4,13,15,21H,5-12,14H2,(H,22,23,25). The summed E-state index contributed by atoms with van der Waals surface area (Å²) in [5.74, 6) is 0.995. The Morgan fingerprint density at radius 1 is 1.15 bits per heavy atom. The minimum atomic E-state index is -0.0755. The molecule has 0 atom stereocenters. The Hall–Kier alpha value is -2.02. The van der Waals surface area contributed by atoms with Gasteiger partial charge in [-0.25, -0.2) is 4.98 Å². The van der Waals surface area contributed by atoms with E-state index in [0.717, 1.165) is 70.0 Å². The van der Waals surface area contributed by atoms with Crippen molar-refractivity contribution < 1.29 is 4.74 Å². The van der Waals surface area contributed by atoms with Gasteiger partial charge in [-0.05, 0) is 18.4 Å². The molecule has 4 rings (SSSR count). The lowest BCUT2D eigenvalue weighted by atomic mass is 9.96. The van der Waals surface area contributed by atoms with E-state index in [-0.39, 0.29) is 5.56 Å². The summed E-state index contributed by atoms with van der Waals surface area (Å²) in [5.41, 5.74) is 3.05. The number of aromatic amines is 1. The third-order valence-corrected chi connectivity index (χ3v) is 5.28. The second-order valence-corrected chi connectivity index (χ2v) is 7.09. The first-order chi connectivity index (χ1) is 12.8. The summed E-state index contributed by atoms with van der Waals surface area (Å²) in [7, 11) is 0. The highest BCUT2D eigenvalue weighted by Crippen LogP contribution is 2.27. The van der Waals surface area contributed by atoms with E-state index >= 15 is 0 Å². The van der Waals surface area contributed by atoms with E-state index in [4.69, 9.17) is 9.72 Å². The molecule has 0 amide bonds. The zero-order valence-electron chi connectivity index (χ0n) is 15.0. The number of nitrogens with zero attached hydrogens (tertiary/aromatic N) is 2. The molecule has 3 heterocycles. The third-order valence-electron chi connectivity index (χ3n) is 5.28. The van der Waals surface area contributed by atoms with E-state index < -0.39 is 0 Å². The summed E-state index contributed by atoms with van der Waals surface area (Å²) in [6.45, 7) is 6.50. The molecule has 0 saturated carbocycles. The third kappa shape index (κ3) is 4.03. The molecule has 2 saturated heterocycles. The van der Waals surface area contributed by atoms with Crippen molar-refractivity contribution in [2.24, 2.45) is 0 Å². The summed E-state index contributed by atoms with van der Waals surface area (Å²) in [5, 5.41) is 3.39. The molecule has 1 aromatic heterocycles. The fraction of sp³-hybridized carbons (Fsp3) is 0.500. The van der Waals surface area contributed by atoms with Gasteiger partial charge in [0.1, 0.15) is 5.82 Å². The molecular formula is C20H26N4O2. The number of ether oxygens (including phenoxy) is 1. The first-order valence-electron chi connectivity index (χ1n) is 9.50. The van der Waals surface area contributed by atoms with E-state index in [9.17, 15) is 4.79 Å². The van der Waals surface area contributed by atoms with Gasteiger partial charge in [0.15, 0.2) is 0 Å². The highest BCUT2D eigenvalue weighted by molar-refractivity contribution is 5.60. The Morgan fingerprint density at radius 3 is 2.73 bits per heavy atom. The lowest BCUT2D eigenvalue weighted by molar-refractivity contribution is 0.0845. The number of benzene rings is 1.